The number of carbonyl (C=O) groups is 1. The number of thiocarbonyl (C=S) groups is 1. The molecule has 0 radical (unpaired) electrons. The quantitative estimate of drug-likeness (QED) is 0.0662. The second kappa shape index (κ2) is 28.1. The van der Waals surface area contributed by atoms with E-state index >= 15 is 0 Å². The van der Waals surface area contributed by atoms with E-state index in [0.29, 0.717) is 61.9 Å². The zero-order valence-electron chi connectivity index (χ0n) is 47.2. The molecule has 12 heteroatoms. The minimum atomic E-state index is 0.00258. The fraction of sp³-hybridized carbons (Fsp3) is 0.697. The highest BCUT2D eigenvalue weighted by Crippen LogP contribution is 2.65. The summed E-state index contributed by atoms with van der Waals surface area (Å²) in [6.45, 7) is 13.3. The second-order valence-electron chi connectivity index (χ2n) is 24.0. The minimum absolute atomic E-state index is 0.00258. The van der Waals surface area contributed by atoms with Crippen molar-refractivity contribution in [3.05, 3.63) is 90.0 Å². The Kier molecular flexibility index (Phi) is 20.8. The van der Waals surface area contributed by atoms with Gasteiger partial charge in [0.1, 0.15) is 55.4 Å². The highest BCUT2D eigenvalue weighted by molar-refractivity contribution is 7.97. The van der Waals surface area contributed by atoms with Crippen LogP contribution in [0.1, 0.15) is 153 Å². The van der Waals surface area contributed by atoms with E-state index in [-0.39, 0.29) is 11.9 Å². The van der Waals surface area contributed by atoms with E-state index in [0.717, 1.165) is 148 Å². The first-order chi connectivity index (χ1) is 38.5. The van der Waals surface area contributed by atoms with Crippen molar-refractivity contribution < 1.29 is 47.4 Å². The van der Waals surface area contributed by atoms with Gasteiger partial charge < -0.3 is 67.5 Å². The molecule has 13 aliphatic rings. The van der Waals surface area contributed by atoms with E-state index in [1.165, 1.54) is 80.0 Å². The number of hydrogen-bond donors (Lipinski definition) is 0. The van der Waals surface area contributed by atoms with Gasteiger partial charge in [-0.15, -0.1) is 0 Å². The van der Waals surface area contributed by atoms with Gasteiger partial charge in [-0.1, -0.05) is 95.1 Å². The third kappa shape index (κ3) is 15.0. The van der Waals surface area contributed by atoms with Gasteiger partial charge in [-0.05, 0) is 190 Å². The molecule has 5 saturated heterocycles. The van der Waals surface area contributed by atoms with E-state index < -0.39 is 0 Å². The molecular weight excluding hydrogens is 1020 g/mol. The average Bonchev–Trinajstić information content (AvgIpc) is 4.49. The number of hydrogen-bond acceptors (Lipinski definition) is 12. The molecule has 5 heterocycles. The van der Waals surface area contributed by atoms with Gasteiger partial charge in [0.2, 0.25) is 0 Å². The van der Waals surface area contributed by atoms with Gasteiger partial charge in [0.25, 0.3) is 0 Å². The minimum Gasteiger partial charge on any atom is -0.491 e. The Hall–Kier alpha value is -3.36. The number of para-hydroxylation sites is 3. The molecule has 0 aromatic heterocycles. The SMILES string of the molecule is CC.CC.O=C(OCC1CCC2OC2C1)C1CCC2OC2C1.S=C[S-].c1ccc(C2CC3CC2C2CCCC32)c(OCC2CO2)c1.c1ccc(C2CC3CC2C2CCCC32)c(OCC2CO2)c1.c1ccc(OCC2CO2)cc1. The first-order valence-corrected chi connectivity index (χ1v) is 31.9. The van der Waals surface area contributed by atoms with E-state index in [1.807, 2.05) is 58.0 Å². The molecule has 5 aliphatic heterocycles. The molecule has 13 fully saturated rings. The molecule has 8 saturated carbocycles. The van der Waals surface area contributed by atoms with Crippen molar-refractivity contribution in [3.63, 3.8) is 0 Å². The zero-order valence-corrected chi connectivity index (χ0v) is 48.8. The predicted molar refractivity (Wildman–Crippen MR) is 311 cm³/mol. The van der Waals surface area contributed by atoms with Gasteiger partial charge in [0.15, 0.2) is 0 Å². The van der Waals surface area contributed by atoms with Crippen LogP contribution in [0.3, 0.4) is 0 Å². The fourth-order valence-corrected chi connectivity index (χ4v) is 15.8. The van der Waals surface area contributed by atoms with E-state index in [2.05, 4.69) is 73.4 Å². The summed E-state index contributed by atoms with van der Waals surface area (Å²) in [7, 11) is 0. The van der Waals surface area contributed by atoms with Crippen molar-refractivity contribution >= 4 is 35.5 Å². The van der Waals surface area contributed by atoms with Crippen molar-refractivity contribution in [1.82, 2.24) is 0 Å². The van der Waals surface area contributed by atoms with Crippen molar-refractivity contribution in [1.29, 1.82) is 0 Å². The van der Waals surface area contributed by atoms with Gasteiger partial charge in [-0.25, -0.2) is 0 Å². The van der Waals surface area contributed by atoms with Crippen LogP contribution in [-0.2, 0) is 45.8 Å². The number of rotatable bonds is 14. The smallest absolute Gasteiger partial charge is 0.309 e. The van der Waals surface area contributed by atoms with Crippen molar-refractivity contribution in [2.24, 2.45) is 59.2 Å². The lowest BCUT2D eigenvalue weighted by Gasteiger charge is -2.32. The molecule has 4 bridgehead atoms. The molecule has 0 amide bonds. The van der Waals surface area contributed by atoms with Crippen LogP contribution in [0, 0.1) is 59.2 Å². The van der Waals surface area contributed by atoms with Crippen LogP contribution < -0.4 is 14.2 Å². The monoisotopic (exact) mass is 1110 g/mol. The number of carbonyl (C=O) groups excluding carboxylic acids is 1. The standard InChI is InChI=1S/2C19H24O2.C14H20O4.C9H10O2.2C2H6.CH2S2/c2*1-2-7-19(21-11-13-10-20-13)16(4-1)18-9-12-8-17(18)15-6-3-5-14(12)15;15-14(9-2-4-11-13(6-9)18-11)16-7-8-1-3-10-12(5-8)17-10;1-2-4-8(5-3-1)10-6-9-7-11-9;2*1-2;2-1-3/h2*1-2,4,7,12-15,17-18H,3,5-6,8-11H2;8-13H,1-7H2;1-5,9H,6-7H2;2*1-2H3;1H,(H,2,3)/p-1. The van der Waals surface area contributed by atoms with E-state index in [9.17, 15) is 4.79 Å². The molecule has 19 atom stereocenters. The fourth-order valence-electron chi connectivity index (χ4n) is 15.8. The van der Waals surface area contributed by atoms with Crippen LogP contribution in [0.2, 0.25) is 0 Å². The summed E-state index contributed by atoms with van der Waals surface area (Å²) in [5, 5.41) is 0. The maximum absolute atomic E-state index is 12.0. The summed E-state index contributed by atoms with van der Waals surface area (Å²) in [6, 6.07) is 27.3. The zero-order chi connectivity index (χ0) is 54.0. The Balaban J connectivity index is 0.000000115. The van der Waals surface area contributed by atoms with Crippen molar-refractivity contribution in [2.45, 2.75) is 185 Å². The number of epoxide rings is 5. The number of ether oxygens (including phenoxy) is 9. The third-order valence-electron chi connectivity index (χ3n) is 19.6. The summed E-state index contributed by atoms with van der Waals surface area (Å²) in [4.78, 5) is 12.0. The molecular formula is C66H91O10S2-. The summed E-state index contributed by atoms with van der Waals surface area (Å²) in [5.41, 5.74) is 2.96. The summed E-state index contributed by atoms with van der Waals surface area (Å²) in [5.74, 6) is 13.4. The second-order valence-corrected chi connectivity index (χ2v) is 24.8. The Morgan fingerprint density at radius 1 is 0.513 bits per heavy atom. The Morgan fingerprint density at radius 2 is 0.962 bits per heavy atom. The maximum Gasteiger partial charge on any atom is 0.309 e. The number of esters is 1. The molecule has 16 rings (SSSR count). The van der Waals surface area contributed by atoms with E-state index in [1.54, 1.807) is 0 Å². The van der Waals surface area contributed by atoms with E-state index in [4.69, 9.17) is 42.6 Å². The lowest BCUT2D eigenvalue weighted by Crippen LogP contribution is -2.27. The van der Waals surface area contributed by atoms with Gasteiger partial charge in [-0.2, -0.15) is 4.70 Å². The molecule has 0 N–H and O–H groups in total. The number of fused-ring (bicyclic) bond motifs is 12. The lowest BCUT2D eigenvalue weighted by atomic mass is 9.73. The predicted octanol–water partition coefficient (Wildman–Crippen LogP) is 13.7. The van der Waals surface area contributed by atoms with Crippen LogP contribution in [0.25, 0.3) is 0 Å². The molecule has 3 aromatic rings. The normalized spacial score (nSPS) is 37.8. The lowest BCUT2D eigenvalue weighted by molar-refractivity contribution is -0.151. The van der Waals surface area contributed by atoms with Crippen molar-refractivity contribution in [3.8, 4) is 17.2 Å². The third-order valence-corrected chi connectivity index (χ3v) is 19.6. The van der Waals surface area contributed by atoms with Crippen LogP contribution in [0.15, 0.2) is 78.9 Å². The summed E-state index contributed by atoms with van der Waals surface area (Å²) < 4.78 is 50.7. The van der Waals surface area contributed by atoms with Gasteiger partial charge in [0.05, 0.1) is 56.8 Å². The van der Waals surface area contributed by atoms with Crippen LogP contribution >= 0.6 is 12.2 Å². The van der Waals surface area contributed by atoms with Crippen LogP contribution in [-0.4, -0.2) is 99.6 Å². The van der Waals surface area contributed by atoms with Crippen LogP contribution in [0.4, 0.5) is 0 Å². The average molecular weight is 1110 g/mol. The molecule has 19 unspecified atom stereocenters. The van der Waals surface area contributed by atoms with Gasteiger partial charge >= 0.3 is 5.97 Å². The first-order valence-electron chi connectivity index (χ1n) is 31.0. The molecule has 78 heavy (non-hydrogen) atoms. The molecule has 8 aliphatic carbocycles. The molecule has 10 nitrogen and oxygen atoms in total. The molecule has 3 aromatic carbocycles. The van der Waals surface area contributed by atoms with Gasteiger partial charge in [0, 0.05) is 0 Å². The highest BCUT2D eigenvalue weighted by atomic mass is 32.1. The van der Waals surface area contributed by atoms with Gasteiger partial charge in [-0.3, -0.25) is 4.79 Å². The molecule has 428 valence electrons. The first kappa shape index (κ1) is 57.9. The summed E-state index contributed by atoms with van der Waals surface area (Å²) >= 11 is 8.17. The largest absolute Gasteiger partial charge is 0.491 e. The Labute approximate surface area is 478 Å². The van der Waals surface area contributed by atoms with Crippen LogP contribution in [0.5, 0.6) is 17.2 Å². The molecule has 0 spiro atoms. The summed E-state index contributed by atoms with van der Waals surface area (Å²) in [6.07, 6.45) is 23.8. The Morgan fingerprint density at radius 3 is 1.45 bits per heavy atom. The topological polar surface area (TPSA) is 117 Å². The van der Waals surface area contributed by atoms with Crippen molar-refractivity contribution in [2.75, 3.05) is 46.2 Å². The number of benzene rings is 3. The Bertz CT molecular complexity index is 2230. The highest BCUT2D eigenvalue weighted by Gasteiger charge is 2.56. The maximum atomic E-state index is 12.0.